The molecule has 1 unspecified atom stereocenters. The number of para-hydroxylation sites is 1. The number of urea groups is 1. The lowest BCUT2D eigenvalue weighted by Gasteiger charge is -2.33. The Hall–Kier alpha value is -3.39. The molecule has 0 aliphatic carbocycles. The molecular formula is C27H35N3O5. The van der Waals surface area contributed by atoms with Crippen LogP contribution in [-0.4, -0.2) is 60.3 Å². The number of unbranched alkanes of at least 4 members (excludes halogenated alkanes) is 1. The second-order valence-electron chi connectivity index (χ2n) is 8.75. The molecule has 2 atom stereocenters. The fourth-order valence-corrected chi connectivity index (χ4v) is 4.48. The number of esters is 1. The van der Waals surface area contributed by atoms with Crippen LogP contribution in [0.4, 0.5) is 10.5 Å². The van der Waals surface area contributed by atoms with Crippen molar-refractivity contribution in [3.05, 3.63) is 65.7 Å². The zero-order valence-electron chi connectivity index (χ0n) is 20.3. The number of nitrogens with two attached hydrogens (primary N) is 1. The minimum atomic E-state index is -1.05. The molecule has 0 saturated carbocycles. The fraction of sp³-hybridized carbons (Fsp3) is 0.444. The van der Waals surface area contributed by atoms with Crippen LogP contribution in [0.1, 0.15) is 37.3 Å². The molecule has 2 aromatic carbocycles. The number of rotatable bonds is 12. The lowest BCUT2D eigenvalue weighted by molar-refractivity contribution is -0.148. The number of ether oxygens (including phenoxy) is 1. The number of hydrogen-bond acceptors (Lipinski definition) is 5. The molecule has 1 aliphatic heterocycles. The monoisotopic (exact) mass is 481 g/mol. The number of carboxylic acids is 1. The first-order chi connectivity index (χ1) is 17.0. The minimum absolute atomic E-state index is 0.153. The van der Waals surface area contributed by atoms with Gasteiger partial charge in [-0.3, -0.25) is 9.69 Å². The highest BCUT2D eigenvalue weighted by Gasteiger charge is 2.40. The van der Waals surface area contributed by atoms with Crippen LogP contribution in [0.15, 0.2) is 54.6 Å². The van der Waals surface area contributed by atoms with Gasteiger partial charge in [0.15, 0.2) is 0 Å². The van der Waals surface area contributed by atoms with E-state index in [2.05, 4.69) is 0 Å². The third-order valence-corrected chi connectivity index (χ3v) is 6.30. The summed E-state index contributed by atoms with van der Waals surface area (Å²) in [6, 6.07) is 15.7. The molecule has 1 aliphatic rings. The molecule has 0 radical (unpaired) electrons. The number of nitrogens with zero attached hydrogens (tertiary/aromatic N) is 2. The number of benzene rings is 2. The third-order valence-electron chi connectivity index (χ3n) is 6.30. The quantitative estimate of drug-likeness (QED) is 0.355. The standard InChI is InChI=1S/C27H35N3O5/c1-2-35-26(33)22(15-14-20-10-4-3-5-11-20)19-29(17-9-8-16-28)27(34)30-23-13-7-6-12-21(23)18-24(30)25(31)32/h3-7,10-13,22,24H,2,8-9,14-19,28H2,1H3,(H,31,32)/t22?,24-/m0/s1. The van der Waals surface area contributed by atoms with E-state index in [1.165, 1.54) is 4.90 Å². The molecule has 3 rings (SSSR count). The molecule has 188 valence electrons. The number of aliphatic carboxylic acids is 1. The van der Waals surface area contributed by atoms with E-state index in [1.807, 2.05) is 42.5 Å². The average molecular weight is 482 g/mol. The third kappa shape index (κ3) is 6.82. The van der Waals surface area contributed by atoms with Crippen LogP contribution in [0.3, 0.4) is 0 Å². The van der Waals surface area contributed by atoms with Gasteiger partial charge in [-0.1, -0.05) is 48.5 Å². The predicted octanol–water partition coefficient (Wildman–Crippen LogP) is 3.48. The number of anilines is 1. The SMILES string of the molecule is CCOC(=O)C(CCc1ccccc1)CN(CCCCN)C(=O)N1c2ccccc2C[C@H]1C(=O)O. The molecule has 0 bridgehead atoms. The number of amides is 2. The van der Waals surface area contributed by atoms with Crippen molar-refractivity contribution in [1.82, 2.24) is 4.90 Å². The molecule has 1 heterocycles. The maximum atomic E-state index is 13.8. The Bertz CT molecular complexity index is 997. The van der Waals surface area contributed by atoms with Crippen molar-refractivity contribution in [3.63, 3.8) is 0 Å². The normalized spacial score (nSPS) is 15.4. The van der Waals surface area contributed by atoms with E-state index in [-0.39, 0.29) is 25.5 Å². The zero-order chi connectivity index (χ0) is 25.2. The summed E-state index contributed by atoms with van der Waals surface area (Å²) in [5.41, 5.74) is 8.20. The molecule has 8 nitrogen and oxygen atoms in total. The molecule has 35 heavy (non-hydrogen) atoms. The summed E-state index contributed by atoms with van der Waals surface area (Å²) in [6.45, 7) is 3.03. The molecule has 0 spiro atoms. The lowest BCUT2D eigenvalue weighted by atomic mass is 9.98. The van der Waals surface area contributed by atoms with Gasteiger partial charge in [0, 0.05) is 25.2 Å². The van der Waals surface area contributed by atoms with Gasteiger partial charge in [-0.2, -0.15) is 0 Å². The molecule has 0 saturated heterocycles. The number of carboxylic acid groups (broad SMARTS) is 1. The van der Waals surface area contributed by atoms with Gasteiger partial charge in [0.2, 0.25) is 0 Å². The Balaban J connectivity index is 1.85. The fourth-order valence-electron chi connectivity index (χ4n) is 4.48. The van der Waals surface area contributed by atoms with Gasteiger partial charge in [-0.15, -0.1) is 0 Å². The number of hydrogen-bond donors (Lipinski definition) is 2. The van der Waals surface area contributed by atoms with Crippen molar-refractivity contribution < 1.29 is 24.2 Å². The lowest BCUT2D eigenvalue weighted by Crippen LogP contribution is -2.51. The summed E-state index contributed by atoms with van der Waals surface area (Å²) >= 11 is 0. The molecule has 2 amide bonds. The largest absolute Gasteiger partial charge is 0.480 e. The van der Waals surface area contributed by atoms with Crippen molar-refractivity contribution in [2.75, 3.05) is 31.1 Å². The van der Waals surface area contributed by atoms with E-state index in [1.54, 1.807) is 24.0 Å². The average Bonchev–Trinajstić information content (AvgIpc) is 3.26. The van der Waals surface area contributed by atoms with Crippen LogP contribution < -0.4 is 10.6 Å². The molecule has 8 heteroatoms. The highest BCUT2D eigenvalue weighted by molar-refractivity contribution is 6.01. The number of carbonyl (C=O) groups excluding carboxylic acids is 2. The first kappa shape index (κ1) is 26.2. The Morgan fingerprint density at radius 2 is 1.83 bits per heavy atom. The van der Waals surface area contributed by atoms with Crippen LogP contribution in [0.25, 0.3) is 0 Å². The van der Waals surface area contributed by atoms with Crippen molar-refractivity contribution in [1.29, 1.82) is 0 Å². The van der Waals surface area contributed by atoms with E-state index in [0.29, 0.717) is 38.0 Å². The van der Waals surface area contributed by atoms with Crippen molar-refractivity contribution in [2.45, 2.75) is 45.1 Å². The van der Waals surface area contributed by atoms with E-state index < -0.39 is 24.0 Å². The number of carbonyl (C=O) groups is 3. The van der Waals surface area contributed by atoms with Gasteiger partial charge in [-0.25, -0.2) is 9.59 Å². The minimum Gasteiger partial charge on any atom is -0.480 e. The summed E-state index contributed by atoms with van der Waals surface area (Å²) in [4.78, 5) is 41.7. The summed E-state index contributed by atoms with van der Waals surface area (Å²) in [7, 11) is 0. The van der Waals surface area contributed by atoms with Crippen LogP contribution in [-0.2, 0) is 27.2 Å². The summed E-state index contributed by atoms with van der Waals surface area (Å²) < 4.78 is 5.34. The molecule has 0 aromatic heterocycles. The summed E-state index contributed by atoms with van der Waals surface area (Å²) in [6.07, 6.45) is 2.81. The smallest absolute Gasteiger partial charge is 0.327 e. The van der Waals surface area contributed by atoms with Crippen LogP contribution >= 0.6 is 0 Å². The zero-order valence-corrected chi connectivity index (χ0v) is 20.3. The Morgan fingerprint density at radius 3 is 2.51 bits per heavy atom. The second kappa shape index (κ2) is 12.9. The van der Waals surface area contributed by atoms with Gasteiger partial charge < -0.3 is 20.5 Å². The van der Waals surface area contributed by atoms with Crippen molar-refractivity contribution in [2.24, 2.45) is 11.7 Å². The van der Waals surface area contributed by atoms with Gasteiger partial charge in [0.05, 0.1) is 12.5 Å². The highest BCUT2D eigenvalue weighted by atomic mass is 16.5. The first-order valence-corrected chi connectivity index (χ1v) is 12.3. The van der Waals surface area contributed by atoms with E-state index in [9.17, 15) is 19.5 Å². The van der Waals surface area contributed by atoms with Crippen LogP contribution in [0, 0.1) is 5.92 Å². The van der Waals surface area contributed by atoms with Gasteiger partial charge in [0.25, 0.3) is 0 Å². The maximum Gasteiger partial charge on any atom is 0.327 e. The molecular weight excluding hydrogens is 446 g/mol. The van der Waals surface area contributed by atoms with Crippen LogP contribution in [0.2, 0.25) is 0 Å². The second-order valence-corrected chi connectivity index (χ2v) is 8.75. The topological polar surface area (TPSA) is 113 Å². The Kier molecular flexibility index (Phi) is 9.66. The Labute approximate surface area is 206 Å². The summed E-state index contributed by atoms with van der Waals surface area (Å²) in [5, 5.41) is 9.85. The highest BCUT2D eigenvalue weighted by Crippen LogP contribution is 2.33. The van der Waals surface area contributed by atoms with Crippen LogP contribution in [0.5, 0.6) is 0 Å². The number of aryl methyl sites for hydroxylation is 1. The van der Waals surface area contributed by atoms with Crippen molar-refractivity contribution in [3.8, 4) is 0 Å². The summed E-state index contributed by atoms with van der Waals surface area (Å²) in [5.74, 6) is -1.93. The van der Waals surface area contributed by atoms with Gasteiger partial charge in [-0.05, 0) is 56.3 Å². The molecule has 3 N–H and O–H groups in total. The van der Waals surface area contributed by atoms with Crippen molar-refractivity contribution >= 4 is 23.7 Å². The maximum absolute atomic E-state index is 13.8. The Morgan fingerprint density at radius 1 is 1.11 bits per heavy atom. The van der Waals surface area contributed by atoms with E-state index in [4.69, 9.17) is 10.5 Å². The van der Waals surface area contributed by atoms with E-state index >= 15 is 0 Å². The molecule has 0 fully saturated rings. The van der Waals surface area contributed by atoms with E-state index in [0.717, 1.165) is 17.5 Å². The predicted molar refractivity (Wildman–Crippen MR) is 134 cm³/mol. The van der Waals surface area contributed by atoms with Gasteiger partial charge in [0.1, 0.15) is 6.04 Å². The number of fused-ring (bicyclic) bond motifs is 1. The first-order valence-electron chi connectivity index (χ1n) is 12.3. The molecule has 2 aromatic rings. The van der Waals surface area contributed by atoms with Gasteiger partial charge >= 0.3 is 18.0 Å².